The molecule has 5 aromatic rings. The quantitative estimate of drug-likeness (QED) is 0.279. The molecular formula is C29H25N. The van der Waals surface area contributed by atoms with Gasteiger partial charge >= 0.3 is 0 Å². The lowest BCUT2D eigenvalue weighted by molar-refractivity contribution is 0.591. The molecule has 30 heavy (non-hydrogen) atoms. The Balaban J connectivity index is 1.85. The van der Waals surface area contributed by atoms with E-state index < -0.39 is 0 Å². The van der Waals surface area contributed by atoms with Gasteiger partial charge in [-0.1, -0.05) is 87.5 Å². The van der Waals surface area contributed by atoms with Crippen LogP contribution in [-0.4, -0.2) is 4.98 Å². The van der Waals surface area contributed by atoms with Gasteiger partial charge < -0.3 is 0 Å². The Bertz CT molecular complexity index is 1360. The van der Waals surface area contributed by atoms with Gasteiger partial charge in [0, 0.05) is 18.0 Å². The summed E-state index contributed by atoms with van der Waals surface area (Å²) < 4.78 is 0. The molecule has 0 radical (unpaired) electrons. The number of benzene rings is 4. The Labute approximate surface area is 178 Å². The number of hydrogen-bond donors (Lipinski definition) is 0. The van der Waals surface area contributed by atoms with Crippen molar-refractivity contribution in [2.75, 3.05) is 0 Å². The maximum Gasteiger partial charge on any atom is 0.0346 e. The van der Waals surface area contributed by atoms with Crippen LogP contribution < -0.4 is 0 Å². The first-order chi connectivity index (χ1) is 14.5. The van der Waals surface area contributed by atoms with E-state index in [4.69, 9.17) is 0 Å². The molecule has 146 valence electrons. The molecule has 1 heteroatoms. The monoisotopic (exact) mass is 387 g/mol. The minimum absolute atomic E-state index is 0.0552. The molecule has 0 unspecified atom stereocenters. The van der Waals surface area contributed by atoms with E-state index in [1.807, 2.05) is 18.5 Å². The second-order valence-corrected chi connectivity index (χ2v) is 8.98. The highest BCUT2D eigenvalue weighted by molar-refractivity contribution is 6.13. The highest BCUT2D eigenvalue weighted by Gasteiger charge is 2.18. The number of hydrogen-bond acceptors (Lipinski definition) is 1. The zero-order chi connectivity index (χ0) is 20.7. The summed E-state index contributed by atoms with van der Waals surface area (Å²) in [5.74, 6) is 0. The van der Waals surface area contributed by atoms with Gasteiger partial charge in [0.25, 0.3) is 0 Å². The number of nitrogens with zero attached hydrogens (tertiary/aromatic N) is 1. The van der Waals surface area contributed by atoms with Crippen LogP contribution in [0.15, 0.2) is 97.3 Å². The average molecular weight is 388 g/mol. The first kappa shape index (κ1) is 18.6. The SMILES string of the molecule is CC(C)(C)c1cc(-c2cccnc2)cc(-c2cc3ccccc3c3ccccc23)c1. The first-order valence-electron chi connectivity index (χ1n) is 10.5. The van der Waals surface area contributed by atoms with Crippen LogP contribution in [0, 0.1) is 0 Å². The summed E-state index contributed by atoms with van der Waals surface area (Å²) in [6, 6.07) is 30.9. The van der Waals surface area contributed by atoms with Crippen molar-refractivity contribution >= 4 is 21.5 Å². The van der Waals surface area contributed by atoms with Crippen LogP contribution in [0.1, 0.15) is 26.3 Å². The largest absolute Gasteiger partial charge is 0.264 e. The molecule has 0 aliphatic carbocycles. The fraction of sp³-hybridized carbons (Fsp3) is 0.138. The summed E-state index contributed by atoms with van der Waals surface area (Å²) in [6.45, 7) is 6.83. The summed E-state index contributed by atoms with van der Waals surface area (Å²) >= 11 is 0. The average Bonchev–Trinajstić information content (AvgIpc) is 2.78. The van der Waals surface area contributed by atoms with Crippen molar-refractivity contribution in [2.24, 2.45) is 0 Å². The number of rotatable bonds is 2. The maximum atomic E-state index is 4.35. The molecule has 0 saturated carbocycles. The smallest absolute Gasteiger partial charge is 0.0346 e. The molecular weight excluding hydrogens is 362 g/mol. The van der Waals surface area contributed by atoms with Gasteiger partial charge in [-0.3, -0.25) is 4.98 Å². The summed E-state index contributed by atoms with van der Waals surface area (Å²) in [6.07, 6.45) is 3.78. The maximum absolute atomic E-state index is 4.35. The van der Waals surface area contributed by atoms with E-state index in [1.165, 1.54) is 43.8 Å². The van der Waals surface area contributed by atoms with E-state index in [9.17, 15) is 0 Å². The van der Waals surface area contributed by atoms with Crippen LogP contribution in [0.3, 0.4) is 0 Å². The van der Waals surface area contributed by atoms with Crippen molar-refractivity contribution in [3.05, 3.63) is 103 Å². The van der Waals surface area contributed by atoms with Crippen LogP contribution in [0.2, 0.25) is 0 Å². The molecule has 0 saturated heterocycles. The van der Waals surface area contributed by atoms with Crippen LogP contribution in [0.25, 0.3) is 43.8 Å². The van der Waals surface area contributed by atoms with Gasteiger partial charge in [-0.05, 0) is 67.4 Å². The van der Waals surface area contributed by atoms with E-state index in [0.717, 1.165) is 5.56 Å². The molecule has 1 aromatic heterocycles. The van der Waals surface area contributed by atoms with Crippen LogP contribution in [0.4, 0.5) is 0 Å². The lowest BCUT2D eigenvalue weighted by atomic mass is 9.82. The van der Waals surface area contributed by atoms with Gasteiger partial charge in [0.05, 0.1) is 0 Å². The molecule has 0 N–H and O–H groups in total. The minimum atomic E-state index is 0.0552. The fourth-order valence-electron chi connectivity index (χ4n) is 4.21. The van der Waals surface area contributed by atoms with Gasteiger partial charge in [-0.2, -0.15) is 0 Å². The third-order valence-corrected chi connectivity index (χ3v) is 5.87. The van der Waals surface area contributed by atoms with Crippen molar-refractivity contribution in [1.29, 1.82) is 0 Å². The summed E-state index contributed by atoms with van der Waals surface area (Å²) in [4.78, 5) is 4.35. The number of pyridine rings is 1. The van der Waals surface area contributed by atoms with E-state index >= 15 is 0 Å². The second-order valence-electron chi connectivity index (χ2n) is 8.98. The second kappa shape index (κ2) is 7.11. The predicted molar refractivity (Wildman–Crippen MR) is 129 cm³/mol. The zero-order valence-corrected chi connectivity index (χ0v) is 17.7. The molecule has 0 bridgehead atoms. The Hall–Kier alpha value is -3.45. The zero-order valence-electron chi connectivity index (χ0n) is 17.7. The Morgan fingerprint density at radius 2 is 1.30 bits per heavy atom. The molecule has 5 rings (SSSR count). The molecule has 0 atom stereocenters. The predicted octanol–water partition coefficient (Wildman–Crippen LogP) is 8.02. The van der Waals surface area contributed by atoms with E-state index in [1.54, 1.807) is 0 Å². The molecule has 1 nitrogen and oxygen atoms in total. The molecule has 0 aliphatic heterocycles. The van der Waals surface area contributed by atoms with Gasteiger partial charge in [-0.15, -0.1) is 0 Å². The van der Waals surface area contributed by atoms with Crippen LogP contribution in [-0.2, 0) is 5.41 Å². The van der Waals surface area contributed by atoms with Crippen LogP contribution in [0.5, 0.6) is 0 Å². The van der Waals surface area contributed by atoms with Gasteiger partial charge in [0.15, 0.2) is 0 Å². The van der Waals surface area contributed by atoms with Gasteiger partial charge in [0.1, 0.15) is 0 Å². The highest BCUT2D eigenvalue weighted by atomic mass is 14.6. The number of aromatic nitrogens is 1. The van der Waals surface area contributed by atoms with Crippen molar-refractivity contribution < 1.29 is 0 Å². The van der Waals surface area contributed by atoms with Crippen molar-refractivity contribution in [3.63, 3.8) is 0 Å². The molecule has 0 spiro atoms. The van der Waals surface area contributed by atoms with E-state index in [2.05, 4.69) is 105 Å². The third kappa shape index (κ3) is 3.27. The van der Waals surface area contributed by atoms with Crippen molar-refractivity contribution in [3.8, 4) is 22.3 Å². The van der Waals surface area contributed by atoms with Crippen LogP contribution >= 0.6 is 0 Å². The standard InChI is InChI=1S/C29H25N/c1-29(2,3)24-16-22(21-10-8-14-30-19-21)15-23(17-24)28-18-20-9-4-5-11-25(20)26-12-6-7-13-27(26)28/h4-19H,1-3H3. The Morgan fingerprint density at radius 1 is 0.600 bits per heavy atom. The van der Waals surface area contributed by atoms with Gasteiger partial charge in [0.2, 0.25) is 0 Å². The summed E-state index contributed by atoms with van der Waals surface area (Å²) in [5, 5.41) is 5.17. The molecule has 4 aromatic carbocycles. The third-order valence-electron chi connectivity index (χ3n) is 5.87. The molecule has 1 heterocycles. The lowest BCUT2D eigenvalue weighted by Crippen LogP contribution is -2.11. The van der Waals surface area contributed by atoms with Gasteiger partial charge in [-0.25, -0.2) is 0 Å². The van der Waals surface area contributed by atoms with Crippen molar-refractivity contribution in [1.82, 2.24) is 4.98 Å². The topological polar surface area (TPSA) is 12.9 Å². The van der Waals surface area contributed by atoms with E-state index in [0.29, 0.717) is 0 Å². The lowest BCUT2D eigenvalue weighted by Gasteiger charge is -2.22. The normalized spacial score (nSPS) is 11.8. The fourth-order valence-corrected chi connectivity index (χ4v) is 4.21. The molecule has 0 fully saturated rings. The first-order valence-corrected chi connectivity index (χ1v) is 10.5. The molecule has 0 aliphatic rings. The van der Waals surface area contributed by atoms with E-state index in [-0.39, 0.29) is 5.41 Å². The Morgan fingerprint density at radius 3 is 2.03 bits per heavy atom. The number of fused-ring (bicyclic) bond motifs is 3. The summed E-state index contributed by atoms with van der Waals surface area (Å²) in [5.41, 5.74) is 6.28. The minimum Gasteiger partial charge on any atom is -0.264 e. The Kier molecular flexibility index (Phi) is 4.40. The highest BCUT2D eigenvalue weighted by Crippen LogP contribution is 2.38. The molecule has 0 amide bonds. The summed E-state index contributed by atoms with van der Waals surface area (Å²) in [7, 11) is 0. The van der Waals surface area contributed by atoms with Crippen molar-refractivity contribution in [2.45, 2.75) is 26.2 Å².